The maximum atomic E-state index is 12.3. The van der Waals surface area contributed by atoms with Crippen molar-refractivity contribution in [2.24, 2.45) is 0 Å². The van der Waals surface area contributed by atoms with Gasteiger partial charge in [-0.15, -0.1) is 11.3 Å². The SMILES string of the molecule is C[C@H](NC(=O)N1CCN(C(=O)c2cccs2)CC1)c1ccsc1. The lowest BCUT2D eigenvalue weighted by Gasteiger charge is -2.35. The first-order chi connectivity index (χ1) is 11.1. The zero-order chi connectivity index (χ0) is 16.2. The van der Waals surface area contributed by atoms with E-state index in [4.69, 9.17) is 0 Å². The zero-order valence-corrected chi connectivity index (χ0v) is 14.5. The van der Waals surface area contributed by atoms with Gasteiger partial charge in [0.2, 0.25) is 0 Å². The van der Waals surface area contributed by atoms with E-state index in [9.17, 15) is 9.59 Å². The zero-order valence-electron chi connectivity index (χ0n) is 12.9. The molecule has 23 heavy (non-hydrogen) atoms. The van der Waals surface area contributed by atoms with Crippen molar-refractivity contribution in [3.63, 3.8) is 0 Å². The number of hydrogen-bond acceptors (Lipinski definition) is 4. The van der Waals surface area contributed by atoms with Gasteiger partial charge >= 0.3 is 6.03 Å². The highest BCUT2D eigenvalue weighted by Gasteiger charge is 2.25. The fraction of sp³-hybridized carbons (Fsp3) is 0.375. The highest BCUT2D eigenvalue weighted by molar-refractivity contribution is 7.12. The van der Waals surface area contributed by atoms with Crippen molar-refractivity contribution in [1.82, 2.24) is 15.1 Å². The van der Waals surface area contributed by atoms with Crippen LogP contribution in [0.1, 0.15) is 28.2 Å². The Labute approximate surface area is 143 Å². The maximum absolute atomic E-state index is 12.3. The molecule has 3 amide bonds. The van der Waals surface area contributed by atoms with Gasteiger partial charge in [-0.05, 0) is 40.8 Å². The molecule has 0 saturated carbocycles. The van der Waals surface area contributed by atoms with E-state index in [1.165, 1.54) is 11.3 Å². The molecule has 2 aromatic heterocycles. The molecule has 0 unspecified atom stereocenters. The van der Waals surface area contributed by atoms with Crippen molar-refractivity contribution in [3.05, 3.63) is 44.8 Å². The number of rotatable bonds is 3. The number of urea groups is 1. The highest BCUT2D eigenvalue weighted by atomic mass is 32.1. The third kappa shape index (κ3) is 3.73. The average Bonchev–Trinajstić information content (AvgIpc) is 3.27. The van der Waals surface area contributed by atoms with Gasteiger partial charge in [-0.1, -0.05) is 6.07 Å². The first kappa shape index (κ1) is 16.0. The first-order valence-corrected chi connectivity index (χ1v) is 9.37. The van der Waals surface area contributed by atoms with E-state index in [1.807, 2.05) is 46.2 Å². The Bertz CT molecular complexity index is 647. The molecule has 1 atom stereocenters. The molecule has 3 heterocycles. The molecular weight excluding hydrogens is 330 g/mol. The van der Waals surface area contributed by atoms with Crippen LogP contribution in [-0.4, -0.2) is 47.9 Å². The summed E-state index contributed by atoms with van der Waals surface area (Å²) < 4.78 is 0. The van der Waals surface area contributed by atoms with E-state index in [-0.39, 0.29) is 18.0 Å². The Kier molecular flexibility index (Phi) is 4.97. The third-order valence-electron chi connectivity index (χ3n) is 3.97. The second kappa shape index (κ2) is 7.14. The summed E-state index contributed by atoms with van der Waals surface area (Å²) >= 11 is 3.08. The number of nitrogens with zero attached hydrogens (tertiary/aromatic N) is 2. The predicted octanol–water partition coefficient (Wildman–Crippen LogP) is 3.04. The number of carbonyl (C=O) groups excluding carboxylic acids is 2. The van der Waals surface area contributed by atoms with Crippen LogP contribution in [0.25, 0.3) is 0 Å². The lowest BCUT2D eigenvalue weighted by molar-refractivity contribution is 0.0668. The van der Waals surface area contributed by atoms with Gasteiger partial charge < -0.3 is 15.1 Å². The van der Waals surface area contributed by atoms with Crippen molar-refractivity contribution in [2.45, 2.75) is 13.0 Å². The molecule has 7 heteroatoms. The Hall–Kier alpha value is -1.86. The number of nitrogens with one attached hydrogen (secondary N) is 1. The first-order valence-electron chi connectivity index (χ1n) is 7.55. The summed E-state index contributed by atoms with van der Waals surface area (Å²) in [6.07, 6.45) is 0. The molecule has 1 N–H and O–H groups in total. The summed E-state index contributed by atoms with van der Waals surface area (Å²) in [4.78, 5) is 29.0. The van der Waals surface area contributed by atoms with Crippen LogP contribution in [0.15, 0.2) is 34.3 Å². The molecule has 1 aliphatic rings. The summed E-state index contributed by atoms with van der Waals surface area (Å²) in [7, 11) is 0. The van der Waals surface area contributed by atoms with E-state index in [1.54, 1.807) is 16.2 Å². The predicted molar refractivity (Wildman–Crippen MR) is 93.1 cm³/mol. The van der Waals surface area contributed by atoms with Gasteiger partial charge in [0, 0.05) is 26.2 Å². The van der Waals surface area contributed by atoms with Gasteiger partial charge in [0.05, 0.1) is 10.9 Å². The Morgan fingerprint density at radius 1 is 1.13 bits per heavy atom. The maximum Gasteiger partial charge on any atom is 0.317 e. The monoisotopic (exact) mass is 349 g/mol. The second-order valence-electron chi connectivity index (χ2n) is 5.48. The number of amides is 3. The topological polar surface area (TPSA) is 52.7 Å². The Balaban J connectivity index is 1.50. The number of hydrogen-bond donors (Lipinski definition) is 1. The molecule has 0 radical (unpaired) electrons. The molecule has 3 rings (SSSR count). The average molecular weight is 349 g/mol. The molecule has 0 aromatic carbocycles. The standard InChI is InChI=1S/C16H19N3O2S2/c1-12(13-4-10-22-11-13)17-16(21)19-7-5-18(6-8-19)15(20)14-3-2-9-23-14/h2-4,9-12H,5-8H2,1H3,(H,17,21)/t12-/m0/s1. The molecule has 2 aromatic rings. The molecule has 0 bridgehead atoms. The van der Waals surface area contributed by atoms with Crippen LogP contribution in [0.5, 0.6) is 0 Å². The van der Waals surface area contributed by atoms with Gasteiger partial charge in [-0.3, -0.25) is 4.79 Å². The molecule has 1 aliphatic heterocycles. The van der Waals surface area contributed by atoms with Crippen molar-refractivity contribution in [3.8, 4) is 0 Å². The van der Waals surface area contributed by atoms with E-state index in [0.717, 1.165) is 10.4 Å². The normalized spacial score (nSPS) is 16.2. The largest absolute Gasteiger partial charge is 0.334 e. The minimum atomic E-state index is -0.0630. The Morgan fingerprint density at radius 2 is 1.87 bits per heavy atom. The summed E-state index contributed by atoms with van der Waals surface area (Å²) in [5.41, 5.74) is 1.12. The van der Waals surface area contributed by atoms with Crippen molar-refractivity contribution in [1.29, 1.82) is 0 Å². The van der Waals surface area contributed by atoms with E-state index < -0.39 is 0 Å². The lowest BCUT2D eigenvalue weighted by atomic mass is 10.2. The minimum absolute atomic E-state index is 0.000435. The van der Waals surface area contributed by atoms with Gasteiger partial charge in [-0.2, -0.15) is 11.3 Å². The van der Waals surface area contributed by atoms with Crippen LogP contribution in [0.4, 0.5) is 4.79 Å². The van der Waals surface area contributed by atoms with Gasteiger partial charge in [0.1, 0.15) is 0 Å². The quantitative estimate of drug-likeness (QED) is 0.926. The smallest absolute Gasteiger partial charge is 0.317 e. The molecule has 1 fully saturated rings. The molecular formula is C16H19N3O2S2. The third-order valence-corrected chi connectivity index (χ3v) is 5.53. The van der Waals surface area contributed by atoms with Crippen LogP contribution in [0, 0.1) is 0 Å². The van der Waals surface area contributed by atoms with Crippen molar-refractivity contribution >= 4 is 34.6 Å². The lowest BCUT2D eigenvalue weighted by Crippen LogP contribution is -2.53. The van der Waals surface area contributed by atoms with E-state index in [0.29, 0.717) is 26.2 Å². The molecule has 1 saturated heterocycles. The molecule has 0 aliphatic carbocycles. The fourth-order valence-electron chi connectivity index (χ4n) is 2.55. The number of carbonyl (C=O) groups is 2. The second-order valence-corrected chi connectivity index (χ2v) is 7.21. The van der Waals surface area contributed by atoms with Gasteiger partial charge in [0.15, 0.2) is 0 Å². The van der Waals surface area contributed by atoms with Crippen molar-refractivity contribution < 1.29 is 9.59 Å². The Morgan fingerprint density at radius 3 is 2.48 bits per heavy atom. The summed E-state index contributed by atoms with van der Waals surface area (Å²) in [5.74, 6) is 0.0618. The van der Waals surface area contributed by atoms with Crippen LogP contribution in [-0.2, 0) is 0 Å². The van der Waals surface area contributed by atoms with E-state index >= 15 is 0 Å². The molecule has 5 nitrogen and oxygen atoms in total. The van der Waals surface area contributed by atoms with Crippen LogP contribution in [0.2, 0.25) is 0 Å². The highest BCUT2D eigenvalue weighted by Crippen LogP contribution is 2.17. The molecule has 122 valence electrons. The fourth-order valence-corrected chi connectivity index (χ4v) is 3.99. The summed E-state index contributed by atoms with van der Waals surface area (Å²) in [5, 5.41) is 8.97. The molecule has 0 spiro atoms. The summed E-state index contributed by atoms with van der Waals surface area (Å²) in [6.45, 7) is 4.28. The van der Waals surface area contributed by atoms with Gasteiger partial charge in [0.25, 0.3) is 5.91 Å². The van der Waals surface area contributed by atoms with Gasteiger partial charge in [-0.25, -0.2) is 4.79 Å². The van der Waals surface area contributed by atoms with E-state index in [2.05, 4.69) is 5.32 Å². The number of thiophene rings is 2. The summed E-state index contributed by atoms with van der Waals surface area (Å²) in [6, 6.07) is 5.68. The number of piperazine rings is 1. The van der Waals surface area contributed by atoms with Crippen LogP contribution >= 0.6 is 22.7 Å². The van der Waals surface area contributed by atoms with Crippen LogP contribution < -0.4 is 5.32 Å². The minimum Gasteiger partial charge on any atom is -0.334 e. The van der Waals surface area contributed by atoms with Crippen LogP contribution in [0.3, 0.4) is 0 Å². The van der Waals surface area contributed by atoms with Crippen molar-refractivity contribution in [2.75, 3.05) is 26.2 Å².